The third-order valence-electron chi connectivity index (χ3n) is 9.17. The second kappa shape index (κ2) is 22.2. The van der Waals surface area contributed by atoms with E-state index in [2.05, 4.69) is 10.6 Å². The minimum atomic E-state index is -1.89. The van der Waals surface area contributed by atoms with Crippen LogP contribution in [0.15, 0.2) is 121 Å². The van der Waals surface area contributed by atoms with Crippen molar-refractivity contribution < 1.29 is 47.9 Å². The van der Waals surface area contributed by atoms with Gasteiger partial charge in [-0.15, -0.1) is 0 Å². The Kier molecular flexibility index (Phi) is 17.2. The summed E-state index contributed by atoms with van der Waals surface area (Å²) < 4.78 is 33.9. The fourth-order valence-corrected chi connectivity index (χ4v) is 6.34. The van der Waals surface area contributed by atoms with Crippen molar-refractivity contribution in [2.24, 2.45) is 0 Å². The highest BCUT2D eigenvalue weighted by atomic mass is 35.6. The zero-order valence-corrected chi connectivity index (χ0v) is 34.2. The lowest BCUT2D eigenvalue weighted by Crippen LogP contribution is -2.61. The molecule has 0 saturated carbocycles. The predicted octanol–water partition coefficient (Wildman–Crippen LogP) is 6.60. The zero-order chi connectivity index (χ0) is 41.5. The molecule has 4 aromatic rings. The van der Waals surface area contributed by atoms with Gasteiger partial charge in [0.05, 0.1) is 25.4 Å². The molecule has 12 nitrogen and oxygen atoms in total. The number of amides is 2. The second-order valence-corrected chi connectivity index (χ2v) is 16.2. The van der Waals surface area contributed by atoms with Gasteiger partial charge in [0.1, 0.15) is 37.6 Å². The highest BCUT2D eigenvalue weighted by Gasteiger charge is 2.47. The summed E-state index contributed by atoms with van der Waals surface area (Å²) in [6.07, 6.45) is -7.23. The molecule has 310 valence electrons. The zero-order valence-electron chi connectivity index (χ0n) is 32.0. The van der Waals surface area contributed by atoms with Crippen LogP contribution in [0.4, 0.5) is 4.79 Å². The molecule has 0 unspecified atom stereocenters. The Morgan fingerprint density at radius 1 is 0.707 bits per heavy atom. The smallest absolute Gasteiger partial charge is 0.407 e. The molecule has 8 atom stereocenters. The number of carbonyl (C=O) groups excluding carboxylic acids is 3. The Balaban J connectivity index is 1.36. The van der Waals surface area contributed by atoms with Crippen molar-refractivity contribution in [3.63, 3.8) is 0 Å². The summed E-state index contributed by atoms with van der Waals surface area (Å²) in [6, 6.07) is 34.2. The number of carbonyl (C=O) groups is 3. The molecule has 1 fully saturated rings. The first-order valence-corrected chi connectivity index (χ1v) is 19.8. The quantitative estimate of drug-likeness (QED) is 0.0738. The van der Waals surface area contributed by atoms with E-state index in [1.807, 2.05) is 66.7 Å². The summed E-state index contributed by atoms with van der Waals surface area (Å²) in [4.78, 5) is 40.7. The summed E-state index contributed by atoms with van der Waals surface area (Å²) in [6.45, 7) is 3.00. The fourth-order valence-electron chi connectivity index (χ4n) is 6.18. The molecule has 5 rings (SSSR count). The van der Waals surface area contributed by atoms with E-state index in [1.165, 1.54) is 6.92 Å². The van der Waals surface area contributed by atoms with Gasteiger partial charge in [-0.3, -0.25) is 4.79 Å². The molecule has 3 N–H and O–H groups in total. The van der Waals surface area contributed by atoms with Gasteiger partial charge in [-0.25, -0.2) is 9.59 Å². The van der Waals surface area contributed by atoms with E-state index in [9.17, 15) is 19.5 Å². The number of nitrogens with one attached hydrogen (secondary N) is 2. The topological polar surface area (TPSA) is 151 Å². The predicted molar refractivity (Wildman–Crippen MR) is 218 cm³/mol. The maximum atomic E-state index is 14.1. The first-order valence-electron chi connectivity index (χ1n) is 18.7. The van der Waals surface area contributed by atoms with Crippen LogP contribution in [-0.4, -0.2) is 82.4 Å². The van der Waals surface area contributed by atoms with Gasteiger partial charge < -0.3 is 44.2 Å². The molecule has 1 aliphatic heterocycles. The Bertz CT molecular complexity index is 1860. The number of hydrogen-bond acceptors (Lipinski definition) is 10. The van der Waals surface area contributed by atoms with Gasteiger partial charge >= 0.3 is 12.1 Å². The average Bonchev–Trinajstić information content (AvgIpc) is 3.22. The average molecular weight is 858 g/mol. The highest BCUT2D eigenvalue weighted by molar-refractivity contribution is 6.67. The Morgan fingerprint density at radius 3 is 1.71 bits per heavy atom. The monoisotopic (exact) mass is 856 g/mol. The van der Waals surface area contributed by atoms with E-state index in [4.69, 9.17) is 63.2 Å². The lowest BCUT2D eigenvalue weighted by molar-refractivity contribution is -0.318. The van der Waals surface area contributed by atoms with E-state index in [-0.39, 0.29) is 26.2 Å². The number of esters is 1. The SMILES string of the molecule is C[C@@H]1O[C@@H](O[C@H](C)[C@@H](NC(=O)[C@@H](Cc2ccccc2)NC(=O)OCC(Cl)(Cl)Cl)C(=O)OCc2ccccc2)[C@H](O)[C@H](OCc2ccccc2)[C@@H]1OCc1ccccc1. The van der Waals surface area contributed by atoms with Crippen LogP contribution in [0.25, 0.3) is 0 Å². The minimum absolute atomic E-state index is 0.00330. The third kappa shape index (κ3) is 14.2. The largest absolute Gasteiger partial charge is 0.459 e. The number of alkyl halides is 3. The van der Waals surface area contributed by atoms with Crippen molar-refractivity contribution in [3.05, 3.63) is 144 Å². The van der Waals surface area contributed by atoms with E-state index in [0.717, 1.165) is 11.1 Å². The number of aliphatic hydroxyl groups excluding tert-OH is 1. The molecule has 1 saturated heterocycles. The Labute approximate surface area is 353 Å². The van der Waals surface area contributed by atoms with Gasteiger partial charge in [0, 0.05) is 6.42 Å². The highest BCUT2D eigenvalue weighted by Crippen LogP contribution is 2.30. The third-order valence-corrected chi connectivity index (χ3v) is 9.50. The number of rotatable bonds is 18. The summed E-state index contributed by atoms with van der Waals surface area (Å²) >= 11 is 17.3. The molecule has 1 heterocycles. The molecule has 0 aliphatic carbocycles. The standard InChI is InChI=1S/C43H47Cl3N2O10/c1-28(57-41-36(49)38(54-25-32-19-11-5-12-20-32)37(29(2)58-41)53-24-31-17-9-4-10-18-31)35(40(51)55-26-33-21-13-6-14-22-33)48-39(50)34(23-30-15-7-3-8-16-30)47-42(52)56-27-43(44,45)46/h3-22,28-29,34-38,41,49H,23-27H2,1-2H3,(H,47,52)(H,48,50)/t28-,29+,34-,35-,36-,37-,38+,41-/m1/s1. The van der Waals surface area contributed by atoms with Crippen molar-refractivity contribution in [2.75, 3.05) is 6.61 Å². The Morgan fingerprint density at radius 2 is 1.19 bits per heavy atom. The molecule has 0 aromatic heterocycles. The van der Waals surface area contributed by atoms with Crippen LogP contribution in [0, 0.1) is 0 Å². The van der Waals surface area contributed by atoms with Gasteiger partial charge in [-0.05, 0) is 36.1 Å². The maximum absolute atomic E-state index is 14.1. The van der Waals surface area contributed by atoms with Gasteiger partial charge in [0.25, 0.3) is 0 Å². The van der Waals surface area contributed by atoms with Crippen LogP contribution in [-0.2, 0) is 64.3 Å². The molecule has 0 bridgehead atoms. The van der Waals surface area contributed by atoms with Crippen LogP contribution in [0.1, 0.15) is 36.1 Å². The van der Waals surface area contributed by atoms with Gasteiger partial charge in [0.2, 0.25) is 9.70 Å². The normalized spacial score (nSPS) is 20.9. The second-order valence-electron chi connectivity index (χ2n) is 13.7. The van der Waals surface area contributed by atoms with Gasteiger partial charge in [-0.1, -0.05) is 156 Å². The fraction of sp³-hybridized carbons (Fsp3) is 0.372. The summed E-state index contributed by atoms with van der Waals surface area (Å²) in [5.74, 6) is -1.62. The Hall–Kier alpha value is -4.24. The maximum Gasteiger partial charge on any atom is 0.407 e. The number of hydrogen-bond donors (Lipinski definition) is 3. The van der Waals surface area contributed by atoms with Gasteiger partial charge in [-0.2, -0.15) is 0 Å². The van der Waals surface area contributed by atoms with Crippen LogP contribution in [0.2, 0.25) is 0 Å². The van der Waals surface area contributed by atoms with E-state index in [0.29, 0.717) is 11.1 Å². The van der Waals surface area contributed by atoms with Crippen LogP contribution >= 0.6 is 34.8 Å². The number of halogens is 3. The number of ether oxygens (including phenoxy) is 6. The number of benzene rings is 4. The first-order chi connectivity index (χ1) is 27.9. The van der Waals surface area contributed by atoms with Crippen molar-refractivity contribution in [2.45, 2.75) is 92.8 Å². The number of alkyl carbamates (subject to hydrolysis) is 1. The summed E-state index contributed by atoms with van der Waals surface area (Å²) in [5.41, 5.74) is 3.19. The molecular formula is C43H47Cl3N2O10. The van der Waals surface area contributed by atoms with E-state index >= 15 is 0 Å². The van der Waals surface area contributed by atoms with Crippen molar-refractivity contribution in [1.82, 2.24) is 10.6 Å². The van der Waals surface area contributed by atoms with Crippen LogP contribution < -0.4 is 10.6 Å². The molecule has 1 aliphatic rings. The molecule has 58 heavy (non-hydrogen) atoms. The molecule has 4 aromatic carbocycles. The molecule has 15 heteroatoms. The molecule has 2 amide bonds. The summed E-state index contributed by atoms with van der Waals surface area (Å²) in [7, 11) is 0. The summed E-state index contributed by atoms with van der Waals surface area (Å²) in [5, 5.41) is 17.0. The van der Waals surface area contributed by atoms with E-state index in [1.54, 1.807) is 61.5 Å². The molecule has 0 radical (unpaired) electrons. The van der Waals surface area contributed by atoms with Gasteiger partial charge in [0.15, 0.2) is 12.3 Å². The number of aliphatic hydroxyl groups is 1. The lowest BCUT2D eigenvalue weighted by Gasteiger charge is -2.44. The molecule has 0 spiro atoms. The van der Waals surface area contributed by atoms with E-state index < -0.39 is 77.3 Å². The molecular weight excluding hydrogens is 811 g/mol. The first kappa shape index (κ1) is 44.9. The van der Waals surface area contributed by atoms with Crippen molar-refractivity contribution >= 4 is 52.8 Å². The lowest BCUT2D eigenvalue weighted by atomic mass is 9.98. The van der Waals surface area contributed by atoms with Crippen LogP contribution in [0.3, 0.4) is 0 Å². The minimum Gasteiger partial charge on any atom is -0.459 e. The van der Waals surface area contributed by atoms with Crippen molar-refractivity contribution in [1.29, 1.82) is 0 Å². The van der Waals surface area contributed by atoms with Crippen molar-refractivity contribution in [3.8, 4) is 0 Å². The van der Waals surface area contributed by atoms with Crippen LogP contribution in [0.5, 0.6) is 0 Å².